The predicted octanol–water partition coefficient (Wildman–Crippen LogP) is 2.84. The molecule has 1 atom stereocenters. The molecule has 1 aliphatic rings. The number of nitrogens with zero attached hydrogens (tertiary/aromatic N) is 6. The number of fused-ring (bicyclic) bond motifs is 1. The van der Waals surface area contributed by atoms with Crippen molar-refractivity contribution in [3.8, 4) is 0 Å². The summed E-state index contributed by atoms with van der Waals surface area (Å²) in [6.45, 7) is 2.95. The number of rotatable bonds is 3. The number of hydrogen-bond donors (Lipinski definition) is 0. The van der Waals surface area contributed by atoms with Crippen LogP contribution in [0.15, 0.2) is 36.4 Å². The smallest absolute Gasteiger partial charge is 0.178 e. The lowest BCUT2D eigenvalue weighted by atomic mass is 10.0. The highest BCUT2D eigenvalue weighted by atomic mass is 15.4. The van der Waals surface area contributed by atoms with E-state index < -0.39 is 0 Å². The number of anilines is 2. The first kappa shape index (κ1) is 14.9. The van der Waals surface area contributed by atoms with Crippen LogP contribution in [0.3, 0.4) is 0 Å². The van der Waals surface area contributed by atoms with Crippen molar-refractivity contribution in [2.24, 2.45) is 0 Å². The Labute approximate surface area is 141 Å². The van der Waals surface area contributed by atoms with Crippen LogP contribution in [-0.4, -0.2) is 40.5 Å². The van der Waals surface area contributed by atoms with Gasteiger partial charge in [0, 0.05) is 26.3 Å². The normalized spacial score (nSPS) is 17.6. The Kier molecular flexibility index (Phi) is 3.59. The highest BCUT2D eigenvalue weighted by Gasteiger charge is 2.27. The van der Waals surface area contributed by atoms with E-state index in [-0.39, 0.29) is 0 Å². The molecule has 24 heavy (non-hydrogen) atoms. The molecule has 1 unspecified atom stereocenters. The van der Waals surface area contributed by atoms with Gasteiger partial charge in [0.1, 0.15) is 5.82 Å². The maximum absolute atomic E-state index is 4.76. The van der Waals surface area contributed by atoms with Gasteiger partial charge >= 0.3 is 0 Å². The van der Waals surface area contributed by atoms with Crippen LogP contribution in [0.5, 0.6) is 0 Å². The van der Waals surface area contributed by atoms with Gasteiger partial charge in [-0.3, -0.25) is 0 Å². The van der Waals surface area contributed by atoms with Crippen LogP contribution in [0.2, 0.25) is 0 Å². The molecule has 1 saturated heterocycles. The standard InChI is InChI=1S/C18H22N6/c1-13-19-20-17-9-10-18(21-24(13)17)23-11-5-8-16(23)14-6-4-7-15(12-14)22(2)3/h4,6-7,9-10,12,16H,5,8,11H2,1-3H3. The van der Waals surface area contributed by atoms with Crippen molar-refractivity contribution in [2.45, 2.75) is 25.8 Å². The molecule has 0 aliphatic carbocycles. The van der Waals surface area contributed by atoms with Gasteiger partial charge in [0.2, 0.25) is 0 Å². The van der Waals surface area contributed by atoms with E-state index in [0.29, 0.717) is 6.04 Å². The monoisotopic (exact) mass is 322 g/mol. The zero-order valence-electron chi connectivity index (χ0n) is 14.3. The summed E-state index contributed by atoms with van der Waals surface area (Å²) in [5.41, 5.74) is 3.38. The van der Waals surface area contributed by atoms with Crippen LogP contribution in [-0.2, 0) is 0 Å². The first-order valence-electron chi connectivity index (χ1n) is 8.36. The van der Waals surface area contributed by atoms with Crippen molar-refractivity contribution in [2.75, 3.05) is 30.4 Å². The molecule has 0 saturated carbocycles. The molecule has 3 heterocycles. The summed E-state index contributed by atoms with van der Waals surface area (Å²) in [7, 11) is 4.16. The van der Waals surface area contributed by atoms with E-state index in [1.807, 2.05) is 17.5 Å². The molecule has 0 bridgehead atoms. The first-order valence-corrected chi connectivity index (χ1v) is 8.36. The van der Waals surface area contributed by atoms with Crippen LogP contribution >= 0.6 is 0 Å². The Morgan fingerprint density at radius 2 is 2.00 bits per heavy atom. The number of aromatic nitrogens is 4. The summed E-state index contributed by atoms with van der Waals surface area (Å²) in [6, 6.07) is 13.2. The van der Waals surface area contributed by atoms with Crippen LogP contribution < -0.4 is 9.80 Å². The Bertz CT molecular complexity index is 869. The quantitative estimate of drug-likeness (QED) is 0.742. The van der Waals surface area contributed by atoms with Crippen molar-refractivity contribution in [3.05, 3.63) is 47.8 Å². The van der Waals surface area contributed by atoms with E-state index in [1.54, 1.807) is 0 Å². The van der Waals surface area contributed by atoms with Crippen molar-refractivity contribution >= 4 is 17.2 Å². The van der Waals surface area contributed by atoms with Gasteiger partial charge in [-0.2, -0.15) is 4.52 Å². The SMILES string of the molecule is Cc1nnc2ccc(N3CCCC3c3cccc(N(C)C)c3)nn12. The predicted molar refractivity (Wildman–Crippen MR) is 95.6 cm³/mol. The van der Waals surface area contributed by atoms with E-state index >= 15 is 0 Å². The number of hydrogen-bond acceptors (Lipinski definition) is 5. The minimum atomic E-state index is 0.367. The average molecular weight is 322 g/mol. The van der Waals surface area contributed by atoms with Crippen molar-refractivity contribution in [1.82, 2.24) is 19.8 Å². The molecule has 6 nitrogen and oxygen atoms in total. The van der Waals surface area contributed by atoms with Crippen molar-refractivity contribution < 1.29 is 0 Å². The van der Waals surface area contributed by atoms with Gasteiger partial charge in [0.15, 0.2) is 11.5 Å². The zero-order chi connectivity index (χ0) is 16.7. The highest BCUT2D eigenvalue weighted by molar-refractivity contribution is 5.52. The van der Waals surface area contributed by atoms with Crippen LogP contribution in [0, 0.1) is 6.92 Å². The molecule has 0 N–H and O–H groups in total. The lowest BCUT2D eigenvalue weighted by molar-refractivity contribution is 0.700. The molecule has 1 fully saturated rings. The fourth-order valence-corrected chi connectivity index (χ4v) is 3.44. The molecular weight excluding hydrogens is 300 g/mol. The van der Waals surface area contributed by atoms with E-state index in [2.05, 4.69) is 64.4 Å². The Morgan fingerprint density at radius 3 is 2.83 bits per heavy atom. The van der Waals surface area contributed by atoms with Gasteiger partial charge in [-0.25, -0.2) is 0 Å². The van der Waals surface area contributed by atoms with E-state index in [4.69, 9.17) is 5.10 Å². The molecule has 1 aliphatic heterocycles. The molecule has 0 amide bonds. The lowest BCUT2D eigenvalue weighted by Gasteiger charge is -2.27. The Balaban J connectivity index is 1.71. The van der Waals surface area contributed by atoms with Crippen LogP contribution in [0.4, 0.5) is 11.5 Å². The van der Waals surface area contributed by atoms with Gasteiger partial charge < -0.3 is 9.80 Å². The Morgan fingerprint density at radius 1 is 1.12 bits per heavy atom. The molecule has 0 radical (unpaired) electrons. The molecular formula is C18H22N6. The molecule has 1 aromatic carbocycles. The second-order valence-electron chi connectivity index (χ2n) is 6.55. The van der Waals surface area contributed by atoms with Crippen LogP contribution in [0.1, 0.15) is 30.3 Å². The minimum Gasteiger partial charge on any atom is -0.378 e. The fraction of sp³-hybridized carbons (Fsp3) is 0.389. The third-order valence-electron chi connectivity index (χ3n) is 4.72. The van der Waals surface area contributed by atoms with Crippen molar-refractivity contribution in [3.63, 3.8) is 0 Å². The van der Waals surface area contributed by atoms with E-state index in [1.165, 1.54) is 17.7 Å². The summed E-state index contributed by atoms with van der Waals surface area (Å²) in [6.07, 6.45) is 2.33. The molecule has 2 aromatic heterocycles. The van der Waals surface area contributed by atoms with Gasteiger partial charge in [0.25, 0.3) is 0 Å². The summed E-state index contributed by atoms with van der Waals surface area (Å²) in [5, 5.41) is 13.0. The molecule has 4 rings (SSSR count). The van der Waals surface area contributed by atoms with Gasteiger partial charge in [-0.05, 0) is 49.6 Å². The zero-order valence-corrected chi connectivity index (χ0v) is 14.3. The molecule has 0 spiro atoms. The fourth-order valence-electron chi connectivity index (χ4n) is 3.44. The second kappa shape index (κ2) is 5.78. The Hall–Kier alpha value is -2.63. The van der Waals surface area contributed by atoms with Gasteiger partial charge in [-0.1, -0.05) is 12.1 Å². The second-order valence-corrected chi connectivity index (χ2v) is 6.55. The average Bonchev–Trinajstić information content (AvgIpc) is 3.22. The van der Waals surface area contributed by atoms with Crippen molar-refractivity contribution in [1.29, 1.82) is 0 Å². The van der Waals surface area contributed by atoms with Gasteiger partial charge in [-0.15, -0.1) is 15.3 Å². The third kappa shape index (κ3) is 2.48. The summed E-state index contributed by atoms with van der Waals surface area (Å²) in [4.78, 5) is 4.54. The summed E-state index contributed by atoms with van der Waals surface area (Å²) < 4.78 is 1.82. The van der Waals surface area contributed by atoms with Crippen LogP contribution in [0.25, 0.3) is 5.65 Å². The summed E-state index contributed by atoms with van der Waals surface area (Å²) >= 11 is 0. The maximum atomic E-state index is 4.76. The lowest BCUT2D eigenvalue weighted by Crippen LogP contribution is -2.24. The molecule has 3 aromatic rings. The number of benzene rings is 1. The highest BCUT2D eigenvalue weighted by Crippen LogP contribution is 2.36. The van der Waals surface area contributed by atoms with E-state index in [0.717, 1.165) is 30.3 Å². The van der Waals surface area contributed by atoms with Gasteiger partial charge in [0.05, 0.1) is 6.04 Å². The van der Waals surface area contributed by atoms with E-state index in [9.17, 15) is 0 Å². The number of aryl methyl sites for hydroxylation is 1. The molecule has 6 heteroatoms. The largest absolute Gasteiger partial charge is 0.378 e. The third-order valence-corrected chi connectivity index (χ3v) is 4.72. The molecule has 124 valence electrons. The maximum Gasteiger partial charge on any atom is 0.178 e. The first-order chi connectivity index (χ1) is 11.6. The minimum absolute atomic E-state index is 0.367. The topological polar surface area (TPSA) is 49.6 Å². The summed E-state index contributed by atoms with van der Waals surface area (Å²) in [5.74, 6) is 1.81.